The highest BCUT2D eigenvalue weighted by Gasteiger charge is 2.42. The van der Waals surface area contributed by atoms with Crippen LogP contribution >= 0.6 is 11.6 Å². The fourth-order valence-corrected chi connectivity index (χ4v) is 4.60. The van der Waals surface area contributed by atoms with Crippen molar-refractivity contribution < 1.29 is 14.3 Å². The number of aryl methyl sites for hydroxylation is 1. The van der Waals surface area contributed by atoms with Gasteiger partial charge >= 0.3 is 0 Å². The standard InChI is InChI=1S/C23H29ClN6O3/c1-13-8-20(29-22(25)27-13)30-6-3-7-32-11-18(30)15-9-19-17(10-16(15)24)26-12-23(2,33-19)21(31)28-14-4-5-14/h8-10,14,18,26H,3-7,11-12H2,1-2H3,(H,28,31)(H2,25,27,29)/t18-,23+/m1/s1. The molecule has 4 N–H and O–H groups in total. The van der Waals surface area contributed by atoms with Gasteiger partial charge in [0.15, 0.2) is 0 Å². The summed E-state index contributed by atoms with van der Waals surface area (Å²) in [7, 11) is 0. The Bertz CT molecular complexity index is 1060. The number of carbonyl (C=O) groups is 1. The Morgan fingerprint density at radius 3 is 2.91 bits per heavy atom. The van der Waals surface area contributed by atoms with Crippen molar-refractivity contribution in [1.29, 1.82) is 0 Å². The first-order chi connectivity index (χ1) is 15.8. The van der Waals surface area contributed by atoms with Crippen molar-refractivity contribution in [2.75, 3.05) is 42.3 Å². The molecular weight excluding hydrogens is 444 g/mol. The van der Waals surface area contributed by atoms with Gasteiger partial charge in [-0.05, 0) is 50.8 Å². The second-order valence-corrected chi connectivity index (χ2v) is 9.57. The number of nitrogens with two attached hydrogens (primary N) is 1. The van der Waals surface area contributed by atoms with Crippen LogP contribution in [0.15, 0.2) is 18.2 Å². The lowest BCUT2D eigenvalue weighted by molar-refractivity contribution is -0.135. The Balaban J connectivity index is 1.48. The van der Waals surface area contributed by atoms with Crippen molar-refractivity contribution in [2.24, 2.45) is 0 Å². The quantitative estimate of drug-likeness (QED) is 0.622. The van der Waals surface area contributed by atoms with Crippen LogP contribution in [0.2, 0.25) is 5.02 Å². The number of amides is 1. The fraction of sp³-hybridized carbons (Fsp3) is 0.522. The van der Waals surface area contributed by atoms with E-state index < -0.39 is 5.60 Å². The predicted octanol–water partition coefficient (Wildman–Crippen LogP) is 2.83. The van der Waals surface area contributed by atoms with Gasteiger partial charge in [0.25, 0.3) is 5.91 Å². The highest BCUT2D eigenvalue weighted by molar-refractivity contribution is 6.31. The number of aromatic nitrogens is 2. The van der Waals surface area contributed by atoms with Crippen LogP contribution in [0, 0.1) is 6.92 Å². The maximum atomic E-state index is 12.8. The lowest BCUT2D eigenvalue weighted by Gasteiger charge is -2.37. The number of carbonyl (C=O) groups excluding carboxylic acids is 1. The molecular formula is C23H29ClN6O3. The molecule has 1 aliphatic carbocycles. The van der Waals surface area contributed by atoms with Crippen LogP contribution in [0.25, 0.3) is 0 Å². The van der Waals surface area contributed by atoms with Gasteiger partial charge in [-0.15, -0.1) is 0 Å². The number of halogens is 1. The van der Waals surface area contributed by atoms with Gasteiger partial charge < -0.3 is 30.7 Å². The van der Waals surface area contributed by atoms with E-state index in [1.54, 1.807) is 0 Å². The largest absolute Gasteiger partial charge is 0.474 e. The van der Waals surface area contributed by atoms with E-state index in [0.29, 0.717) is 30.5 Å². The minimum absolute atomic E-state index is 0.106. The van der Waals surface area contributed by atoms with Gasteiger partial charge in [-0.1, -0.05) is 11.6 Å². The van der Waals surface area contributed by atoms with Crippen LogP contribution in [-0.2, 0) is 9.53 Å². The number of nitrogen functional groups attached to an aromatic ring is 1. The van der Waals surface area contributed by atoms with Crippen LogP contribution in [0.4, 0.5) is 17.5 Å². The Kier molecular flexibility index (Phi) is 5.70. The summed E-state index contributed by atoms with van der Waals surface area (Å²) < 4.78 is 12.2. The monoisotopic (exact) mass is 472 g/mol. The predicted molar refractivity (Wildman–Crippen MR) is 127 cm³/mol. The number of nitrogens with one attached hydrogen (secondary N) is 2. The molecule has 176 valence electrons. The van der Waals surface area contributed by atoms with Gasteiger partial charge in [-0.25, -0.2) is 4.98 Å². The average molecular weight is 473 g/mol. The summed E-state index contributed by atoms with van der Waals surface area (Å²) in [5, 5.41) is 6.96. The number of rotatable bonds is 4. The third kappa shape index (κ3) is 4.52. The lowest BCUT2D eigenvalue weighted by atomic mass is 10.00. The van der Waals surface area contributed by atoms with Gasteiger partial charge in [0.2, 0.25) is 11.5 Å². The third-order valence-electron chi connectivity index (χ3n) is 6.29. The molecule has 1 amide bonds. The molecule has 2 aromatic rings. The van der Waals surface area contributed by atoms with E-state index in [1.807, 2.05) is 32.0 Å². The van der Waals surface area contributed by atoms with Crippen LogP contribution in [0.3, 0.4) is 0 Å². The van der Waals surface area contributed by atoms with Crippen molar-refractivity contribution in [3.63, 3.8) is 0 Å². The van der Waals surface area contributed by atoms with Gasteiger partial charge in [-0.3, -0.25) is 4.79 Å². The highest BCUT2D eigenvalue weighted by Crippen LogP contribution is 2.42. The molecule has 10 heteroatoms. The number of benzene rings is 1. The van der Waals surface area contributed by atoms with Crippen LogP contribution in [-0.4, -0.2) is 53.8 Å². The number of hydrogen-bond donors (Lipinski definition) is 3. The van der Waals surface area contributed by atoms with Crippen LogP contribution < -0.4 is 26.0 Å². The van der Waals surface area contributed by atoms with Crippen LogP contribution in [0.5, 0.6) is 5.75 Å². The van der Waals surface area contributed by atoms with Crippen molar-refractivity contribution in [3.8, 4) is 5.75 Å². The maximum Gasteiger partial charge on any atom is 0.265 e. The van der Waals surface area contributed by atoms with E-state index in [2.05, 4.69) is 25.5 Å². The number of hydrogen-bond acceptors (Lipinski definition) is 8. The molecule has 0 radical (unpaired) electrons. The van der Waals surface area contributed by atoms with Crippen molar-refractivity contribution in [1.82, 2.24) is 15.3 Å². The highest BCUT2D eigenvalue weighted by atomic mass is 35.5. The number of fused-ring (bicyclic) bond motifs is 1. The van der Waals surface area contributed by atoms with E-state index in [4.69, 9.17) is 26.8 Å². The van der Waals surface area contributed by atoms with Gasteiger partial charge in [0, 0.05) is 36.0 Å². The number of nitrogens with zero attached hydrogens (tertiary/aromatic N) is 3. The minimum Gasteiger partial charge on any atom is -0.474 e. The van der Waals surface area contributed by atoms with Gasteiger partial charge in [0.05, 0.1) is 24.9 Å². The smallest absolute Gasteiger partial charge is 0.265 e. The molecule has 2 atom stereocenters. The summed E-state index contributed by atoms with van der Waals surface area (Å²) in [5.74, 6) is 1.45. The summed E-state index contributed by atoms with van der Waals surface area (Å²) in [6, 6.07) is 5.75. The second-order valence-electron chi connectivity index (χ2n) is 9.17. The van der Waals surface area contributed by atoms with E-state index in [0.717, 1.165) is 48.6 Å². The molecule has 1 aromatic heterocycles. The second kappa shape index (κ2) is 8.53. The summed E-state index contributed by atoms with van der Waals surface area (Å²) in [5.41, 5.74) is 7.34. The lowest BCUT2D eigenvalue weighted by Crippen LogP contribution is -2.55. The van der Waals surface area contributed by atoms with Crippen LogP contribution in [0.1, 0.15) is 43.5 Å². The molecule has 0 bridgehead atoms. The molecule has 1 saturated heterocycles. The Hall–Kier alpha value is -2.78. The normalized spacial score (nSPS) is 24.8. The summed E-state index contributed by atoms with van der Waals surface area (Å²) in [4.78, 5) is 23.6. The SMILES string of the molecule is Cc1cc(N2CCCOC[C@@H]2c2cc3c(cc2Cl)NC[C@@](C)(C(=O)NC2CC2)O3)nc(N)n1. The maximum absolute atomic E-state index is 12.8. The van der Waals surface area contributed by atoms with E-state index in [1.165, 1.54) is 0 Å². The van der Waals surface area contributed by atoms with Crippen molar-refractivity contribution in [2.45, 2.75) is 50.8 Å². The van der Waals surface area contributed by atoms with E-state index in [9.17, 15) is 4.79 Å². The molecule has 5 rings (SSSR count). The minimum atomic E-state index is -1.00. The summed E-state index contributed by atoms with van der Waals surface area (Å²) >= 11 is 6.76. The fourth-order valence-electron chi connectivity index (χ4n) is 4.31. The average Bonchev–Trinajstić information content (AvgIpc) is 3.59. The molecule has 3 aliphatic rings. The first kappa shape index (κ1) is 22.0. The molecule has 33 heavy (non-hydrogen) atoms. The first-order valence-electron chi connectivity index (χ1n) is 11.4. The zero-order chi connectivity index (χ0) is 23.2. The zero-order valence-corrected chi connectivity index (χ0v) is 19.6. The topological polar surface area (TPSA) is 115 Å². The third-order valence-corrected chi connectivity index (χ3v) is 6.62. The molecule has 1 saturated carbocycles. The molecule has 2 fully saturated rings. The number of anilines is 3. The van der Waals surface area contributed by atoms with E-state index >= 15 is 0 Å². The molecule has 9 nitrogen and oxygen atoms in total. The summed E-state index contributed by atoms with van der Waals surface area (Å²) in [6.45, 7) is 5.88. The van der Waals surface area contributed by atoms with E-state index in [-0.39, 0.29) is 23.9 Å². The summed E-state index contributed by atoms with van der Waals surface area (Å²) in [6.07, 6.45) is 2.89. The molecule has 0 unspecified atom stereocenters. The molecule has 3 heterocycles. The van der Waals surface area contributed by atoms with Crippen molar-refractivity contribution >= 4 is 35.0 Å². The first-order valence-corrected chi connectivity index (χ1v) is 11.7. The Morgan fingerprint density at radius 1 is 1.33 bits per heavy atom. The van der Waals surface area contributed by atoms with Crippen molar-refractivity contribution in [3.05, 3.63) is 34.5 Å². The van der Waals surface area contributed by atoms with Gasteiger partial charge in [0.1, 0.15) is 11.6 Å². The zero-order valence-electron chi connectivity index (χ0n) is 18.9. The number of ether oxygens (including phenoxy) is 2. The molecule has 1 aromatic carbocycles. The Labute approximate surface area is 198 Å². The van der Waals surface area contributed by atoms with Gasteiger partial charge in [-0.2, -0.15) is 4.98 Å². The Morgan fingerprint density at radius 2 is 2.15 bits per heavy atom. The molecule has 2 aliphatic heterocycles. The molecule has 0 spiro atoms.